The second kappa shape index (κ2) is 8.26. The Kier molecular flexibility index (Phi) is 5.41. The van der Waals surface area contributed by atoms with Gasteiger partial charge in [0.05, 0.1) is 19.5 Å². The molecule has 1 saturated heterocycles. The van der Waals surface area contributed by atoms with Crippen LogP contribution in [-0.4, -0.2) is 55.7 Å². The first kappa shape index (κ1) is 22.9. The highest BCUT2D eigenvalue weighted by molar-refractivity contribution is 5.81. The minimum atomic E-state index is -1.17. The summed E-state index contributed by atoms with van der Waals surface area (Å²) < 4.78 is 32.4. The Morgan fingerprint density at radius 1 is 1.23 bits per heavy atom. The number of anilines is 1. The molecule has 4 bridgehead atoms. The minimum absolute atomic E-state index is 0.0791. The highest BCUT2D eigenvalue weighted by Crippen LogP contribution is 2.61. The fourth-order valence-electron chi connectivity index (χ4n) is 7.57. The van der Waals surface area contributed by atoms with Crippen molar-refractivity contribution in [2.24, 2.45) is 23.2 Å². The molecule has 7 rings (SSSR count). The molecule has 0 unspecified atom stereocenters. The van der Waals surface area contributed by atoms with Crippen molar-refractivity contribution in [2.75, 3.05) is 18.9 Å². The molecule has 0 aromatic carbocycles. The standard InChI is InChI=1S/C24H32FN5O5/c1-23(11-31)16(7-17(35-23)30-12-27-18-19(26)28-21(25)29-20(18)30)34-22(32)33-3-2-24-8-13-4-14(9-24)6-15(5-13)10-24/h12-17,31H,2-11H2,1H3,(H2,26,28,29)/t13?,14?,15?,16-,17+,23+,24?/m0/s1. The maximum Gasteiger partial charge on any atom is 0.508 e. The van der Waals surface area contributed by atoms with Gasteiger partial charge in [-0.3, -0.25) is 4.57 Å². The average molecular weight is 490 g/mol. The molecule has 2 aromatic rings. The number of rotatable bonds is 6. The molecule has 3 heterocycles. The van der Waals surface area contributed by atoms with Crippen molar-refractivity contribution >= 4 is 23.1 Å². The lowest BCUT2D eigenvalue weighted by Gasteiger charge is -2.57. The van der Waals surface area contributed by atoms with Gasteiger partial charge >= 0.3 is 12.2 Å². The molecule has 5 aliphatic rings. The molecule has 3 N–H and O–H groups in total. The van der Waals surface area contributed by atoms with Gasteiger partial charge in [0.1, 0.15) is 17.9 Å². The smallest absolute Gasteiger partial charge is 0.434 e. The lowest BCUT2D eigenvalue weighted by molar-refractivity contribution is -0.123. The largest absolute Gasteiger partial charge is 0.508 e. The first-order valence-electron chi connectivity index (χ1n) is 12.5. The molecule has 3 atom stereocenters. The SMILES string of the molecule is C[C@]1(CO)O[C@@H](n2cnc3c(N)nc(F)nc32)C[C@@H]1OC(=O)OCCC12CC3CC(CC(C3)C1)C2. The monoisotopic (exact) mass is 489 g/mol. The molecule has 35 heavy (non-hydrogen) atoms. The second-order valence-electron chi connectivity index (χ2n) is 11.4. The number of imidazole rings is 1. The third-order valence-electron chi connectivity index (χ3n) is 8.80. The quantitative estimate of drug-likeness (QED) is 0.463. The van der Waals surface area contributed by atoms with Gasteiger partial charge in [0.15, 0.2) is 17.0 Å². The van der Waals surface area contributed by atoms with Gasteiger partial charge in [-0.25, -0.2) is 9.78 Å². The zero-order valence-corrected chi connectivity index (χ0v) is 19.9. The van der Waals surface area contributed by atoms with E-state index >= 15 is 0 Å². The van der Waals surface area contributed by atoms with Crippen molar-refractivity contribution in [3.05, 3.63) is 12.4 Å². The minimum Gasteiger partial charge on any atom is -0.434 e. The van der Waals surface area contributed by atoms with Crippen molar-refractivity contribution in [3.8, 4) is 0 Å². The Hall–Kier alpha value is -2.53. The summed E-state index contributed by atoms with van der Waals surface area (Å²) in [4.78, 5) is 24.0. The van der Waals surface area contributed by atoms with Crippen LogP contribution in [0.2, 0.25) is 0 Å². The first-order chi connectivity index (χ1) is 16.8. The number of hydrogen-bond acceptors (Lipinski definition) is 9. The molecule has 190 valence electrons. The molecular formula is C24H32FN5O5. The van der Waals surface area contributed by atoms with Crippen LogP contribution in [-0.2, 0) is 14.2 Å². The number of aliphatic hydroxyl groups excluding tert-OH is 1. The van der Waals surface area contributed by atoms with E-state index in [4.69, 9.17) is 19.9 Å². The van der Waals surface area contributed by atoms with E-state index in [1.165, 1.54) is 49.4 Å². The highest BCUT2D eigenvalue weighted by atomic mass is 19.1. The number of aliphatic hydroxyl groups is 1. The Bertz CT molecular complexity index is 1110. The number of aromatic nitrogens is 4. The molecule has 5 fully saturated rings. The number of nitrogens with two attached hydrogens (primary N) is 1. The van der Waals surface area contributed by atoms with E-state index in [-0.39, 0.29) is 30.0 Å². The molecule has 11 heteroatoms. The molecule has 0 spiro atoms. The van der Waals surface area contributed by atoms with Gasteiger partial charge in [0.2, 0.25) is 0 Å². The summed E-state index contributed by atoms with van der Waals surface area (Å²) in [5.74, 6) is 2.46. The second-order valence-corrected chi connectivity index (χ2v) is 11.4. The summed E-state index contributed by atoms with van der Waals surface area (Å²) in [7, 11) is 0. The van der Waals surface area contributed by atoms with Crippen LogP contribution in [0.15, 0.2) is 6.33 Å². The number of halogens is 1. The summed E-state index contributed by atoms with van der Waals surface area (Å²) >= 11 is 0. The van der Waals surface area contributed by atoms with Crippen LogP contribution in [0.25, 0.3) is 11.2 Å². The van der Waals surface area contributed by atoms with Crippen molar-refractivity contribution in [3.63, 3.8) is 0 Å². The lowest BCUT2D eigenvalue weighted by atomic mass is 9.49. The van der Waals surface area contributed by atoms with Crippen LogP contribution in [0.4, 0.5) is 15.0 Å². The summed E-state index contributed by atoms with van der Waals surface area (Å²) in [6.45, 7) is 1.61. The fraction of sp³-hybridized carbons (Fsp3) is 0.750. The Morgan fingerprint density at radius 3 is 2.57 bits per heavy atom. The maximum absolute atomic E-state index is 13.8. The zero-order chi connectivity index (χ0) is 24.4. The summed E-state index contributed by atoms with van der Waals surface area (Å²) in [6, 6.07) is 0. The van der Waals surface area contributed by atoms with Gasteiger partial charge in [-0.1, -0.05) is 0 Å². The number of carbonyl (C=O) groups excluding carboxylic acids is 1. The average Bonchev–Trinajstić information content (AvgIpc) is 3.34. The lowest BCUT2D eigenvalue weighted by Crippen LogP contribution is -2.46. The molecule has 10 nitrogen and oxygen atoms in total. The molecule has 1 aliphatic heterocycles. The third kappa shape index (κ3) is 4.02. The number of nitrogens with zero attached hydrogens (tertiary/aromatic N) is 4. The van der Waals surface area contributed by atoms with Crippen LogP contribution >= 0.6 is 0 Å². The van der Waals surface area contributed by atoms with E-state index in [0.29, 0.717) is 12.0 Å². The highest BCUT2D eigenvalue weighted by Gasteiger charge is 2.51. The van der Waals surface area contributed by atoms with Gasteiger partial charge in [-0.15, -0.1) is 0 Å². The van der Waals surface area contributed by atoms with Crippen molar-refractivity contribution in [2.45, 2.75) is 76.2 Å². The van der Waals surface area contributed by atoms with Crippen LogP contribution < -0.4 is 5.73 Å². The Morgan fingerprint density at radius 2 is 1.91 bits per heavy atom. The molecule has 2 aromatic heterocycles. The Balaban J connectivity index is 1.09. The summed E-state index contributed by atoms with van der Waals surface area (Å²) in [5.41, 5.74) is 5.31. The van der Waals surface area contributed by atoms with Crippen LogP contribution in [0.3, 0.4) is 0 Å². The fourth-order valence-corrected chi connectivity index (χ4v) is 7.57. The van der Waals surface area contributed by atoms with Crippen LogP contribution in [0.5, 0.6) is 0 Å². The van der Waals surface area contributed by atoms with Crippen LogP contribution in [0, 0.1) is 29.2 Å². The number of nitrogen functional groups attached to an aromatic ring is 1. The molecule has 4 saturated carbocycles. The first-order valence-corrected chi connectivity index (χ1v) is 12.5. The van der Waals surface area contributed by atoms with E-state index in [2.05, 4.69) is 15.0 Å². The topological polar surface area (TPSA) is 135 Å². The van der Waals surface area contributed by atoms with E-state index in [9.17, 15) is 14.3 Å². The number of ether oxygens (including phenoxy) is 3. The number of carbonyl (C=O) groups is 1. The van der Waals surface area contributed by atoms with Gasteiger partial charge in [0.25, 0.3) is 0 Å². The molecule has 0 radical (unpaired) electrons. The van der Waals surface area contributed by atoms with E-state index in [1.54, 1.807) is 6.92 Å². The van der Waals surface area contributed by atoms with Crippen molar-refractivity contribution < 1.29 is 28.5 Å². The van der Waals surface area contributed by atoms with Gasteiger partial charge in [-0.2, -0.15) is 14.4 Å². The van der Waals surface area contributed by atoms with Crippen molar-refractivity contribution in [1.82, 2.24) is 19.5 Å². The number of fused-ring (bicyclic) bond motifs is 1. The predicted octanol–water partition coefficient (Wildman–Crippen LogP) is 3.35. The number of hydrogen-bond donors (Lipinski definition) is 2. The van der Waals surface area contributed by atoms with Crippen LogP contribution in [0.1, 0.15) is 64.5 Å². The zero-order valence-electron chi connectivity index (χ0n) is 19.9. The predicted molar refractivity (Wildman–Crippen MR) is 121 cm³/mol. The molecule has 0 amide bonds. The van der Waals surface area contributed by atoms with Gasteiger partial charge < -0.3 is 25.1 Å². The van der Waals surface area contributed by atoms with E-state index in [0.717, 1.165) is 24.2 Å². The molecular weight excluding hydrogens is 457 g/mol. The van der Waals surface area contributed by atoms with Crippen molar-refractivity contribution in [1.29, 1.82) is 0 Å². The third-order valence-corrected chi connectivity index (χ3v) is 8.80. The van der Waals surface area contributed by atoms with E-state index in [1.807, 2.05) is 0 Å². The normalized spacial score (nSPS) is 37.7. The summed E-state index contributed by atoms with van der Waals surface area (Å²) in [5, 5.41) is 10.0. The van der Waals surface area contributed by atoms with E-state index < -0.39 is 30.2 Å². The Labute approximate surface area is 202 Å². The maximum atomic E-state index is 13.8. The van der Waals surface area contributed by atoms with Gasteiger partial charge in [-0.05, 0) is 75.0 Å². The van der Waals surface area contributed by atoms with Gasteiger partial charge in [0, 0.05) is 6.42 Å². The molecule has 4 aliphatic carbocycles. The summed E-state index contributed by atoms with van der Waals surface area (Å²) in [6.07, 6.45) is 7.19.